The molecule has 0 radical (unpaired) electrons. The minimum absolute atomic E-state index is 0.0252. The van der Waals surface area contributed by atoms with Crippen LogP contribution in [0.25, 0.3) is 26.9 Å². The van der Waals surface area contributed by atoms with E-state index in [1.165, 1.54) is 25.6 Å². The molecule has 0 spiro atoms. The minimum Gasteiger partial charge on any atom is -0.494 e. The fourth-order valence-corrected chi connectivity index (χ4v) is 4.24. The fraction of sp³-hybridized carbons (Fsp3) is 0.0476. The van der Waals surface area contributed by atoms with E-state index in [-0.39, 0.29) is 10.8 Å². The van der Waals surface area contributed by atoms with Crippen molar-refractivity contribution in [2.75, 3.05) is 7.11 Å². The zero-order chi connectivity index (χ0) is 22.0. The monoisotopic (exact) mass is 456 g/mol. The van der Waals surface area contributed by atoms with E-state index in [2.05, 4.69) is 15.0 Å². The lowest BCUT2D eigenvalue weighted by Gasteiger charge is -2.06. The first-order valence-electron chi connectivity index (χ1n) is 8.89. The Morgan fingerprint density at radius 1 is 1.32 bits per heavy atom. The maximum Gasteiger partial charge on any atom is 0.333 e. The standard InChI is InChI=1S/C21H14ClFN4O3S/c1-30-17-7-13(14(22)8-15(17)23)18-9-16-19(31-18)20(28)27(21(29)26-16)6-5-25-11-12-3-2-4-24-10-12/h2-11H,1H3,(H,26,29)/b6-5+,25-11?. The van der Waals surface area contributed by atoms with Crippen LogP contribution in [-0.2, 0) is 0 Å². The quantitative estimate of drug-likeness (QED) is 0.456. The largest absolute Gasteiger partial charge is 0.494 e. The van der Waals surface area contributed by atoms with Gasteiger partial charge in [0.15, 0.2) is 11.6 Å². The highest BCUT2D eigenvalue weighted by atomic mass is 35.5. The van der Waals surface area contributed by atoms with Gasteiger partial charge in [-0.25, -0.2) is 13.8 Å². The number of methoxy groups -OCH3 is 1. The number of hydrogen-bond donors (Lipinski definition) is 1. The summed E-state index contributed by atoms with van der Waals surface area (Å²) in [5.41, 5.74) is 0.506. The number of pyridine rings is 1. The van der Waals surface area contributed by atoms with Gasteiger partial charge >= 0.3 is 5.69 Å². The van der Waals surface area contributed by atoms with Crippen LogP contribution in [0, 0.1) is 5.82 Å². The number of nitrogens with one attached hydrogen (secondary N) is 1. The van der Waals surface area contributed by atoms with E-state index in [1.54, 1.807) is 30.7 Å². The number of H-pyrrole nitrogens is 1. The van der Waals surface area contributed by atoms with Gasteiger partial charge in [-0.2, -0.15) is 0 Å². The molecule has 0 amide bonds. The van der Waals surface area contributed by atoms with Crippen molar-refractivity contribution in [2.24, 2.45) is 4.99 Å². The predicted octanol–water partition coefficient (Wildman–Crippen LogP) is 4.16. The third-order valence-electron chi connectivity index (χ3n) is 4.32. The molecule has 4 rings (SSSR count). The summed E-state index contributed by atoms with van der Waals surface area (Å²) in [6, 6.07) is 7.80. The summed E-state index contributed by atoms with van der Waals surface area (Å²) in [6.45, 7) is 0. The van der Waals surface area contributed by atoms with E-state index in [0.29, 0.717) is 20.7 Å². The van der Waals surface area contributed by atoms with E-state index in [0.717, 1.165) is 27.5 Å². The topological polar surface area (TPSA) is 89.3 Å². The van der Waals surface area contributed by atoms with Crippen molar-refractivity contribution in [3.8, 4) is 16.2 Å². The van der Waals surface area contributed by atoms with Crippen LogP contribution < -0.4 is 16.0 Å². The van der Waals surface area contributed by atoms with Crippen molar-refractivity contribution in [3.63, 3.8) is 0 Å². The normalized spacial score (nSPS) is 11.7. The van der Waals surface area contributed by atoms with Gasteiger partial charge in [-0.15, -0.1) is 11.3 Å². The second-order valence-electron chi connectivity index (χ2n) is 6.29. The molecule has 10 heteroatoms. The molecular weight excluding hydrogens is 443 g/mol. The zero-order valence-corrected chi connectivity index (χ0v) is 17.6. The van der Waals surface area contributed by atoms with Gasteiger partial charge in [0, 0.05) is 47.0 Å². The van der Waals surface area contributed by atoms with Crippen LogP contribution in [0.4, 0.5) is 4.39 Å². The van der Waals surface area contributed by atoms with E-state index in [1.807, 2.05) is 6.07 Å². The number of rotatable bonds is 5. The van der Waals surface area contributed by atoms with Crippen LogP contribution in [0.5, 0.6) is 5.75 Å². The summed E-state index contributed by atoms with van der Waals surface area (Å²) < 4.78 is 20.1. The van der Waals surface area contributed by atoms with Crippen molar-refractivity contribution in [3.05, 3.63) is 86.2 Å². The molecule has 0 saturated carbocycles. The highest BCUT2D eigenvalue weighted by Crippen LogP contribution is 2.38. The Labute approximate surface area is 183 Å². The summed E-state index contributed by atoms with van der Waals surface area (Å²) in [7, 11) is 1.35. The Kier molecular flexibility index (Phi) is 5.79. The van der Waals surface area contributed by atoms with Crippen molar-refractivity contribution in [2.45, 2.75) is 0 Å². The molecule has 1 N–H and O–H groups in total. The molecule has 3 aromatic heterocycles. The number of aromatic amines is 1. The van der Waals surface area contributed by atoms with E-state index < -0.39 is 17.1 Å². The Morgan fingerprint density at radius 3 is 2.90 bits per heavy atom. The molecule has 31 heavy (non-hydrogen) atoms. The van der Waals surface area contributed by atoms with Gasteiger partial charge in [0.05, 0.1) is 17.6 Å². The highest BCUT2D eigenvalue weighted by molar-refractivity contribution is 7.22. The first-order chi connectivity index (χ1) is 15.0. The number of thiophene rings is 1. The molecule has 0 aliphatic heterocycles. The Morgan fingerprint density at radius 2 is 2.16 bits per heavy atom. The first-order valence-corrected chi connectivity index (χ1v) is 10.1. The number of ether oxygens (including phenoxy) is 1. The van der Waals surface area contributed by atoms with Crippen LogP contribution >= 0.6 is 22.9 Å². The van der Waals surface area contributed by atoms with Gasteiger partial charge in [0.1, 0.15) is 4.70 Å². The smallest absolute Gasteiger partial charge is 0.333 e. The second kappa shape index (κ2) is 8.66. The first kappa shape index (κ1) is 20.7. The van der Waals surface area contributed by atoms with Crippen molar-refractivity contribution in [1.82, 2.24) is 14.5 Å². The third-order valence-corrected chi connectivity index (χ3v) is 5.79. The molecule has 0 unspecified atom stereocenters. The van der Waals surface area contributed by atoms with Crippen molar-refractivity contribution in [1.29, 1.82) is 0 Å². The van der Waals surface area contributed by atoms with Gasteiger partial charge in [-0.3, -0.25) is 14.8 Å². The third kappa shape index (κ3) is 4.18. The van der Waals surface area contributed by atoms with Gasteiger partial charge in [0.25, 0.3) is 5.56 Å². The van der Waals surface area contributed by atoms with Crippen LogP contribution in [0.1, 0.15) is 5.56 Å². The average Bonchev–Trinajstić information content (AvgIpc) is 3.17. The lowest BCUT2D eigenvalue weighted by molar-refractivity contribution is 0.387. The second-order valence-corrected chi connectivity index (χ2v) is 7.75. The zero-order valence-electron chi connectivity index (χ0n) is 16.0. The lowest BCUT2D eigenvalue weighted by Crippen LogP contribution is -2.30. The van der Waals surface area contributed by atoms with Gasteiger partial charge in [0.2, 0.25) is 0 Å². The van der Waals surface area contributed by atoms with Crippen LogP contribution in [0.2, 0.25) is 5.02 Å². The van der Waals surface area contributed by atoms with E-state index in [9.17, 15) is 14.0 Å². The molecule has 1 aromatic carbocycles. The molecule has 4 aromatic rings. The minimum atomic E-state index is -0.613. The lowest BCUT2D eigenvalue weighted by atomic mass is 10.1. The molecule has 0 bridgehead atoms. The number of aliphatic imine (C=N–C) groups is 1. The maximum absolute atomic E-state index is 13.8. The highest BCUT2D eigenvalue weighted by Gasteiger charge is 2.16. The average molecular weight is 457 g/mol. The number of fused-ring (bicyclic) bond motifs is 1. The molecule has 0 saturated heterocycles. The molecular formula is C21H14ClFN4O3S. The number of hydrogen-bond acceptors (Lipinski definition) is 6. The van der Waals surface area contributed by atoms with E-state index >= 15 is 0 Å². The Hall–Kier alpha value is -3.56. The van der Waals surface area contributed by atoms with Crippen molar-refractivity contribution < 1.29 is 9.13 Å². The van der Waals surface area contributed by atoms with Gasteiger partial charge in [-0.1, -0.05) is 17.7 Å². The molecule has 7 nitrogen and oxygen atoms in total. The maximum atomic E-state index is 13.8. The summed E-state index contributed by atoms with van der Waals surface area (Å²) in [6.07, 6.45) is 7.44. The molecule has 0 aliphatic rings. The summed E-state index contributed by atoms with van der Waals surface area (Å²) in [5, 5.41) is 0.164. The number of nitrogens with zero attached hydrogens (tertiary/aromatic N) is 3. The SMILES string of the molecule is COc1cc(-c2cc3[nH]c(=O)n(/C=C/N=Cc4cccnc4)c(=O)c3s2)c(Cl)cc1F. The summed E-state index contributed by atoms with van der Waals surface area (Å²) >= 11 is 7.31. The fourth-order valence-electron chi connectivity index (χ4n) is 2.85. The number of benzene rings is 1. The van der Waals surface area contributed by atoms with Gasteiger partial charge < -0.3 is 9.72 Å². The molecule has 3 heterocycles. The molecule has 0 atom stereocenters. The van der Waals surface area contributed by atoms with Crippen LogP contribution in [0.15, 0.2) is 63.5 Å². The van der Waals surface area contributed by atoms with Crippen LogP contribution in [-0.4, -0.2) is 27.9 Å². The summed E-state index contributed by atoms with van der Waals surface area (Å²) in [5.74, 6) is -0.567. The summed E-state index contributed by atoms with van der Waals surface area (Å²) in [4.78, 5) is 36.5. The number of aromatic nitrogens is 3. The predicted molar refractivity (Wildman–Crippen MR) is 121 cm³/mol. The van der Waals surface area contributed by atoms with Gasteiger partial charge in [-0.05, 0) is 24.3 Å². The van der Waals surface area contributed by atoms with Crippen molar-refractivity contribution >= 4 is 45.6 Å². The molecule has 156 valence electrons. The Bertz CT molecular complexity index is 1440. The molecule has 0 fully saturated rings. The Balaban J connectivity index is 1.73. The molecule has 0 aliphatic carbocycles. The van der Waals surface area contributed by atoms with Crippen LogP contribution in [0.3, 0.4) is 0 Å². The number of halogens is 2. The van der Waals surface area contributed by atoms with E-state index in [4.69, 9.17) is 16.3 Å².